The first-order chi connectivity index (χ1) is 13.1. The molecule has 27 heavy (non-hydrogen) atoms. The summed E-state index contributed by atoms with van der Waals surface area (Å²) in [6.45, 7) is 2.06. The molecule has 0 unspecified atom stereocenters. The van der Waals surface area contributed by atoms with Crippen LogP contribution in [-0.4, -0.2) is 24.9 Å². The molecule has 0 atom stereocenters. The van der Waals surface area contributed by atoms with E-state index in [4.69, 9.17) is 16.1 Å². The first-order valence-electron chi connectivity index (χ1n) is 8.28. The number of benzene rings is 2. The fourth-order valence-electron chi connectivity index (χ4n) is 2.59. The molecule has 0 bridgehead atoms. The van der Waals surface area contributed by atoms with Crippen molar-refractivity contribution in [3.8, 4) is 22.8 Å². The summed E-state index contributed by atoms with van der Waals surface area (Å²) < 4.78 is 7.30. The minimum atomic E-state index is 0.481. The molecule has 0 N–H and O–H groups in total. The van der Waals surface area contributed by atoms with E-state index in [0.29, 0.717) is 22.5 Å². The van der Waals surface area contributed by atoms with Gasteiger partial charge in [-0.15, -0.1) is 10.2 Å². The summed E-state index contributed by atoms with van der Waals surface area (Å²) in [6, 6.07) is 15.6. The van der Waals surface area contributed by atoms with Crippen molar-refractivity contribution in [3.63, 3.8) is 0 Å². The van der Waals surface area contributed by atoms with Gasteiger partial charge in [0.05, 0.1) is 10.8 Å². The largest absolute Gasteiger partial charge is 0.338 e. The van der Waals surface area contributed by atoms with Crippen molar-refractivity contribution in [2.45, 2.75) is 17.8 Å². The minimum Gasteiger partial charge on any atom is -0.338 e. The highest BCUT2D eigenvalue weighted by Gasteiger charge is 2.15. The van der Waals surface area contributed by atoms with Crippen LogP contribution in [0.2, 0.25) is 5.02 Å². The summed E-state index contributed by atoms with van der Waals surface area (Å²) in [5.74, 6) is 2.31. The monoisotopic (exact) mass is 397 g/mol. The molecule has 0 fully saturated rings. The zero-order chi connectivity index (χ0) is 18.8. The zero-order valence-electron chi connectivity index (χ0n) is 14.8. The lowest BCUT2D eigenvalue weighted by Gasteiger charge is -2.03. The Balaban J connectivity index is 1.48. The van der Waals surface area contributed by atoms with Crippen LogP contribution in [0.5, 0.6) is 0 Å². The van der Waals surface area contributed by atoms with Gasteiger partial charge in [-0.3, -0.25) is 0 Å². The van der Waals surface area contributed by atoms with E-state index >= 15 is 0 Å². The standard InChI is InChI=1S/C19H16ClN5OS/c1-12-7-9-13(10-8-12)18-22-23-19(25(18)2)27-11-16-21-17(24-26-16)14-5-3-4-6-15(14)20/h3-10H,11H2,1-2H3. The normalized spacial score (nSPS) is 11.1. The number of hydrogen-bond donors (Lipinski definition) is 0. The van der Waals surface area contributed by atoms with Gasteiger partial charge in [-0.05, 0) is 19.1 Å². The van der Waals surface area contributed by atoms with Crippen molar-refractivity contribution in [2.24, 2.45) is 7.05 Å². The highest BCUT2D eigenvalue weighted by atomic mass is 35.5. The smallest absolute Gasteiger partial charge is 0.237 e. The molecule has 2 aromatic heterocycles. The van der Waals surface area contributed by atoms with Crippen LogP contribution in [0.25, 0.3) is 22.8 Å². The molecule has 0 aliphatic rings. The van der Waals surface area contributed by atoms with E-state index in [1.807, 2.05) is 41.9 Å². The Morgan fingerprint density at radius 3 is 2.63 bits per heavy atom. The van der Waals surface area contributed by atoms with Crippen molar-refractivity contribution in [2.75, 3.05) is 0 Å². The maximum atomic E-state index is 6.18. The lowest BCUT2D eigenvalue weighted by Crippen LogP contribution is -1.95. The number of halogens is 1. The van der Waals surface area contributed by atoms with Crippen LogP contribution < -0.4 is 0 Å². The summed E-state index contributed by atoms with van der Waals surface area (Å²) in [7, 11) is 1.94. The number of rotatable bonds is 5. The van der Waals surface area contributed by atoms with Gasteiger partial charge in [0.25, 0.3) is 0 Å². The Morgan fingerprint density at radius 1 is 1.07 bits per heavy atom. The van der Waals surface area contributed by atoms with E-state index in [2.05, 4.69) is 39.4 Å². The maximum Gasteiger partial charge on any atom is 0.237 e. The average Bonchev–Trinajstić information content (AvgIpc) is 3.28. The third-order valence-corrected chi connectivity index (χ3v) is 5.39. The highest BCUT2D eigenvalue weighted by molar-refractivity contribution is 7.98. The third kappa shape index (κ3) is 3.74. The van der Waals surface area contributed by atoms with E-state index in [9.17, 15) is 0 Å². The number of aryl methyl sites for hydroxylation is 1. The minimum absolute atomic E-state index is 0.481. The van der Waals surface area contributed by atoms with Crippen molar-refractivity contribution in [1.82, 2.24) is 24.9 Å². The second kappa shape index (κ2) is 7.54. The summed E-state index contributed by atoms with van der Waals surface area (Å²) in [5, 5.41) is 14.0. The first kappa shape index (κ1) is 17.8. The molecule has 6 nitrogen and oxygen atoms in total. The third-order valence-electron chi connectivity index (χ3n) is 4.05. The summed E-state index contributed by atoms with van der Waals surface area (Å²) in [6.07, 6.45) is 0. The molecule has 0 saturated carbocycles. The van der Waals surface area contributed by atoms with E-state index < -0.39 is 0 Å². The number of thioether (sulfide) groups is 1. The SMILES string of the molecule is Cc1ccc(-c2nnc(SCc3nc(-c4ccccc4Cl)no3)n2C)cc1. The molecule has 0 radical (unpaired) electrons. The van der Waals surface area contributed by atoms with Gasteiger partial charge in [-0.1, -0.05) is 70.5 Å². The van der Waals surface area contributed by atoms with Crippen LogP contribution in [0.4, 0.5) is 0 Å². The Morgan fingerprint density at radius 2 is 1.85 bits per heavy atom. The first-order valence-corrected chi connectivity index (χ1v) is 9.65. The average molecular weight is 398 g/mol. The van der Waals surface area contributed by atoms with Crippen molar-refractivity contribution >= 4 is 23.4 Å². The maximum absolute atomic E-state index is 6.18. The van der Waals surface area contributed by atoms with Crippen LogP contribution in [-0.2, 0) is 12.8 Å². The van der Waals surface area contributed by atoms with Gasteiger partial charge in [0.1, 0.15) is 0 Å². The summed E-state index contributed by atoms with van der Waals surface area (Å²) >= 11 is 7.68. The summed E-state index contributed by atoms with van der Waals surface area (Å²) in [4.78, 5) is 4.42. The molecular weight excluding hydrogens is 382 g/mol. The van der Waals surface area contributed by atoms with Crippen molar-refractivity contribution < 1.29 is 4.52 Å². The van der Waals surface area contributed by atoms with Gasteiger partial charge in [-0.25, -0.2) is 0 Å². The van der Waals surface area contributed by atoms with Gasteiger partial charge in [0.15, 0.2) is 11.0 Å². The van der Waals surface area contributed by atoms with Crippen LogP contribution in [0.1, 0.15) is 11.5 Å². The topological polar surface area (TPSA) is 69.6 Å². The molecule has 2 aromatic carbocycles. The predicted octanol–water partition coefficient (Wildman–Crippen LogP) is 4.79. The molecular formula is C19H16ClN5OS. The van der Waals surface area contributed by atoms with Crippen LogP contribution in [0, 0.1) is 6.92 Å². The van der Waals surface area contributed by atoms with E-state index in [0.717, 1.165) is 22.1 Å². The quantitative estimate of drug-likeness (QED) is 0.451. The van der Waals surface area contributed by atoms with Crippen LogP contribution in [0.3, 0.4) is 0 Å². The van der Waals surface area contributed by atoms with Gasteiger partial charge >= 0.3 is 0 Å². The molecule has 2 heterocycles. The Hall–Kier alpha value is -2.64. The molecule has 0 spiro atoms. The Labute approximate surface area is 165 Å². The predicted molar refractivity (Wildman–Crippen MR) is 105 cm³/mol. The molecule has 0 aliphatic heterocycles. The van der Waals surface area contributed by atoms with Gasteiger partial charge in [-0.2, -0.15) is 4.98 Å². The molecule has 136 valence electrons. The second-order valence-electron chi connectivity index (χ2n) is 6.01. The Bertz CT molecular complexity index is 1070. The lowest BCUT2D eigenvalue weighted by molar-refractivity contribution is 0.391. The molecule has 0 amide bonds. The van der Waals surface area contributed by atoms with Gasteiger partial charge in [0.2, 0.25) is 11.7 Å². The molecule has 0 aliphatic carbocycles. The van der Waals surface area contributed by atoms with Crippen LogP contribution in [0.15, 0.2) is 58.2 Å². The molecule has 4 rings (SSSR count). The van der Waals surface area contributed by atoms with Crippen LogP contribution >= 0.6 is 23.4 Å². The zero-order valence-corrected chi connectivity index (χ0v) is 16.3. The van der Waals surface area contributed by atoms with E-state index in [1.165, 1.54) is 17.3 Å². The molecule has 8 heteroatoms. The Kier molecular flexibility index (Phi) is 4.96. The number of aromatic nitrogens is 5. The van der Waals surface area contributed by atoms with Gasteiger partial charge in [0, 0.05) is 18.2 Å². The molecule has 0 saturated heterocycles. The molecule has 4 aromatic rings. The van der Waals surface area contributed by atoms with Crippen molar-refractivity contribution in [1.29, 1.82) is 0 Å². The number of hydrogen-bond acceptors (Lipinski definition) is 6. The fourth-order valence-corrected chi connectivity index (χ4v) is 3.56. The number of nitrogens with zero attached hydrogens (tertiary/aromatic N) is 5. The van der Waals surface area contributed by atoms with Gasteiger partial charge < -0.3 is 9.09 Å². The summed E-state index contributed by atoms with van der Waals surface area (Å²) in [5.41, 5.74) is 2.99. The van der Waals surface area contributed by atoms with E-state index in [1.54, 1.807) is 6.07 Å². The second-order valence-corrected chi connectivity index (χ2v) is 7.36. The van der Waals surface area contributed by atoms with Crippen molar-refractivity contribution in [3.05, 3.63) is 65.0 Å². The highest BCUT2D eigenvalue weighted by Crippen LogP contribution is 2.28. The fraction of sp³-hybridized carbons (Fsp3) is 0.158. The lowest BCUT2D eigenvalue weighted by atomic mass is 10.1. The van der Waals surface area contributed by atoms with E-state index in [-0.39, 0.29) is 0 Å².